The topological polar surface area (TPSA) is 65.0 Å². The summed E-state index contributed by atoms with van der Waals surface area (Å²) in [6.45, 7) is 0. The highest BCUT2D eigenvalue weighted by molar-refractivity contribution is 6.19. The van der Waals surface area contributed by atoms with Crippen molar-refractivity contribution in [2.75, 3.05) is 0 Å². The van der Waals surface area contributed by atoms with Crippen LogP contribution in [0.5, 0.6) is 0 Å². The standard InChI is InChI=1S/C55H33N3O2/c1-4-15-34(16-5-1)39-32-44(38-28-29-48-45(31-38)51-40-22-11-10-17-35(40)27-30-49(51)59-48)50(36-18-6-2-7-19-36)46(33-39)55-57-53(37-20-8-3-9-21-37)56-54(58-55)43-25-14-24-42-41-23-12-13-26-47(41)60-52(42)43/h1-33H. The maximum Gasteiger partial charge on any atom is 0.167 e. The molecule has 12 aromatic rings. The maximum absolute atomic E-state index is 6.55. The van der Waals surface area contributed by atoms with Crippen LogP contribution in [-0.4, -0.2) is 15.0 Å². The second kappa shape index (κ2) is 13.8. The smallest absolute Gasteiger partial charge is 0.167 e. The summed E-state index contributed by atoms with van der Waals surface area (Å²) in [4.78, 5) is 15.9. The Hall–Kier alpha value is -8.15. The van der Waals surface area contributed by atoms with Crippen LogP contribution < -0.4 is 0 Å². The molecule has 3 aromatic heterocycles. The van der Waals surface area contributed by atoms with Gasteiger partial charge in [-0.2, -0.15) is 0 Å². The first-order valence-electron chi connectivity index (χ1n) is 20.1. The molecule has 0 aliphatic heterocycles. The number of hydrogen-bond acceptors (Lipinski definition) is 5. The summed E-state index contributed by atoms with van der Waals surface area (Å²) in [5, 5.41) is 6.58. The van der Waals surface area contributed by atoms with Crippen molar-refractivity contribution in [1.82, 2.24) is 15.0 Å². The van der Waals surface area contributed by atoms with Crippen LogP contribution in [0.1, 0.15) is 0 Å². The molecule has 0 saturated heterocycles. The molecule has 5 nitrogen and oxygen atoms in total. The van der Waals surface area contributed by atoms with Crippen molar-refractivity contribution in [3.63, 3.8) is 0 Å². The first kappa shape index (κ1) is 33.9. The van der Waals surface area contributed by atoms with E-state index in [2.05, 4.69) is 140 Å². The van der Waals surface area contributed by atoms with Gasteiger partial charge in [-0.1, -0.05) is 158 Å². The van der Waals surface area contributed by atoms with E-state index in [4.69, 9.17) is 23.8 Å². The molecule has 5 heteroatoms. The predicted octanol–water partition coefficient (Wildman–Crippen LogP) is 14.8. The van der Waals surface area contributed by atoms with E-state index in [9.17, 15) is 0 Å². The monoisotopic (exact) mass is 767 g/mol. The second-order valence-electron chi connectivity index (χ2n) is 15.1. The third kappa shape index (κ3) is 5.59. The van der Waals surface area contributed by atoms with Gasteiger partial charge in [0.25, 0.3) is 0 Å². The minimum atomic E-state index is 0.535. The van der Waals surface area contributed by atoms with Crippen LogP contribution in [-0.2, 0) is 0 Å². The fourth-order valence-corrected chi connectivity index (χ4v) is 8.73. The summed E-state index contributed by atoms with van der Waals surface area (Å²) >= 11 is 0. The fourth-order valence-electron chi connectivity index (χ4n) is 8.73. The van der Waals surface area contributed by atoms with Crippen LogP contribution >= 0.6 is 0 Å². The van der Waals surface area contributed by atoms with Crippen molar-refractivity contribution in [2.45, 2.75) is 0 Å². The highest BCUT2D eigenvalue weighted by Gasteiger charge is 2.23. The van der Waals surface area contributed by atoms with Gasteiger partial charge >= 0.3 is 0 Å². The number of furan rings is 2. The molecule has 60 heavy (non-hydrogen) atoms. The molecule has 3 heterocycles. The summed E-state index contributed by atoms with van der Waals surface area (Å²) in [7, 11) is 0. The lowest BCUT2D eigenvalue weighted by atomic mass is 9.86. The number of fused-ring (bicyclic) bond motifs is 8. The molecular formula is C55H33N3O2. The zero-order valence-corrected chi connectivity index (χ0v) is 32.2. The van der Waals surface area contributed by atoms with Crippen molar-refractivity contribution in [1.29, 1.82) is 0 Å². The molecule has 12 rings (SSSR count). The molecule has 0 amide bonds. The van der Waals surface area contributed by atoms with E-state index in [1.807, 2.05) is 60.7 Å². The first-order valence-corrected chi connectivity index (χ1v) is 20.1. The zero-order chi connectivity index (χ0) is 39.6. The average molecular weight is 768 g/mol. The Labute approximate surface area is 344 Å². The minimum absolute atomic E-state index is 0.535. The van der Waals surface area contributed by atoms with Gasteiger partial charge in [0.1, 0.15) is 22.3 Å². The number of nitrogens with zero attached hydrogens (tertiary/aromatic N) is 3. The SMILES string of the molecule is c1ccc(-c2cc(-c3ccc4oc5ccc6ccccc6c5c4c3)c(-c3ccccc3)c(-c3nc(-c4ccccc4)nc(-c4cccc5c4oc4ccccc45)n3)c2)cc1. The maximum atomic E-state index is 6.55. The molecule has 0 bridgehead atoms. The van der Waals surface area contributed by atoms with Crippen molar-refractivity contribution in [3.05, 3.63) is 200 Å². The zero-order valence-electron chi connectivity index (χ0n) is 32.2. The van der Waals surface area contributed by atoms with Gasteiger partial charge in [0, 0.05) is 38.2 Å². The number of hydrogen-bond donors (Lipinski definition) is 0. The Bertz CT molecular complexity index is 3590. The molecule has 0 saturated carbocycles. The number of para-hydroxylation sites is 2. The number of benzene rings is 9. The molecule has 280 valence electrons. The van der Waals surface area contributed by atoms with E-state index in [1.165, 1.54) is 10.8 Å². The molecule has 0 spiro atoms. The Morgan fingerprint density at radius 3 is 1.70 bits per heavy atom. The van der Waals surface area contributed by atoms with Crippen LogP contribution in [0.25, 0.3) is 122 Å². The molecule has 0 N–H and O–H groups in total. The molecule has 0 fully saturated rings. The molecule has 9 aromatic carbocycles. The van der Waals surface area contributed by atoms with E-state index in [1.54, 1.807) is 0 Å². The van der Waals surface area contributed by atoms with Crippen molar-refractivity contribution in [3.8, 4) is 67.5 Å². The lowest BCUT2D eigenvalue weighted by Gasteiger charge is -2.19. The second-order valence-corrected chi connectivity index (χ2v) is 15.1. The van der Waals surface area contributed by atoms with Crippen LogP contribution in [0.3, 0.4) is 0 Å². The van der Waals surface area contributed by atoms with Gasteiger partial charge in [0.15, 0.2) is 17.5 Å². The summed E-state index contributed by atoms with van der Waals surface area (Å²) in [5.41, 5.74) is 12.2. The van der Waals surface area contributed by atoms with E-state index < -0.39 is 0 Å². The highest BCUT2D eigenvalue weighted by Crippen LogP contribution is 2.45. The minimum Gasteiger partial charge on any atom is -0.456 e. The quantitative estimate of drug-likeness (QED) is 0.169. The lowest BCUT2D eigenvalue weighted by molar-refractivity contribution is 0.669. The van der Waals surface area contributed by atoms with Crippen LogP contribution in [0.15, 0.2) is 209 Å². The van der Waals surface area contributed by atoms with E-state index in [0.29, 0.717) is 17.5 Å². The van der Waals surface area contributed by atoms with E-state index in [0.717, 1.165) is 93.9 Å². The third-order valence-electron chi connectivity index (χ3n) is 11.5. The van der Waals surface area contributed by atoms with Gasteiger partial charge in [-0.3, -0.25) is 0 Å². The van der Waals surface area contributed by atoms with Gasteiger partial charge in [-0.25, -0.2) is 15.0 Å². The van der Waals surface area contributed by atoms with Gasteiger partial charge < -0.3 is 8.83 Å². The Kier molecular flexibility index (Phi) is 7.78. The van der Waals surface area contributed by atoms with Gasteiger partial charge in [-0.15, -0.1) is 0 Å². The van der Waals surface area contributed by atoms with Gasteiger partial charge in [0.2, 0.25) is 0 Å². The van der Waals surface area contributed by atoms with Crippen LogP contribution in [0.2, 0.25) is 0 Å². The summed E-state index contributed by atoms with van der Waals surface area (Å²) in [6, 6.07) is 69.3. The number of rotatable bonds is 6. The summed E-state index contributed by atoms with van der Waals surface area (Å²) in [5.74, 6) is 1.67. The molecule has 0 unspecified atom stereocenters. The third-order valence-corrected chi connectivity index (χ3v) is 11.5. The average Bonchev–Trinajstić information content (AvgIpc) is 3.90. The largest absolute Gasteiger partial charge is 0.456 e. The van der Waals surface area contributed by atoms with Crippen LogP contribution in [0.4, 0.5) is 0 Å². The molecular weight excluding hydrogens is 735 g/mol. The highest BCUT2D eigenvalue weighted by atomic mass is 16.3. The van der Waals surface area contributed by atoms with Crippen LogP contribution in [0, 0.1) is 0 Å². The molecule has 0 atom stereocenters. The molecule has 0 radical (unpaired) electrons. The van der Waals surface area contributed by atoms with Gasteiger partial charge in [-0.05, 0) is 81.1 Å². The van der Waals surface area contributed by atoms with Crippen molar-refractivity contribution >= 4 is 54.6 Å². The molecule has 0 aliphatic carbocycles. The van der Waals surface area contributed by atoms with Crippen molar-refractivity contribution in [2.24, 2.45) is 0 Å². The van der Waals surface area contributed by atoms with E-state index >= 15 is 0 Å². The normalized spacial score (nSPS) is 11.7. The van der Waals surface area contributed by atoms with Gasteiger partial charge in [0.05, 0.1) is 5.56 Å². The Morgan fingerprint density at radius 2 is 0.900 bits per heavy atom. The molecule has 0 aliphatic rings. The van der Waals surface area contributed by atoms with Crippen molar-refractivity contribution < 1.29 is 8.83 Å². The first-order chi connectivity index (χ1) is 29.7. The summed E-state index contributed by atoms with van der Waals surface area (Å²) in [6.07, 6.45) is 0. The Balaban J connectivity index is 1.18. The van der Waals surface area contributed by atoms with E-state index in [-0.39, 0.29) is 0 Å². The Morgan fingerprint density at radius 1 is 0.300 bits per heavy atom. The predicted molar refractivity (Wildman–Crippen MR) is 245 cm³/mol. The fraction of sp³-hybridized carbons (Fsp3) is 0. The lowest BCUT2D eigenvalue weighted by Crippen LogP contribution is -2.02. The number of aromatic nitrogens is 3. The summed E-state index contributed by atoms with van der Waals surface area (Å²) < 4.78 is 13.0.